The molecule has 0 unspecified atom stereocenters. The highest BCUT2D eigenvalue weighted by Crippen LogP contribution is 2.21. The Kier molecular flexibility index (Phi) is 3.69. The number of nitrogens with zero attached hydrogens (tertiary/aromatic N) is 2. The minimum atomic E-state index is -0.263. The van der Waals surface area contributed by atoms with Crippen molar-refractivity contribution >= 4 is 0 Å². The molecule has 1 aromatic heterocycles. The Morgan fingerprint density at radius 2 is 2.20 bits per heavy atom. The quantitative estimate of drug-likeness (QED) is 0.880. The Balaban J connectivity index is 1.62. The summed E-state index contributed by atoms with van der Waals surface area (Å²) in [5.41, 5.74) is 1.88. The molecule has 1 fully saturated rings. The predicted octanol–water partition coefficient (Wildman–Crippen LogP) is 2.39. The van der Waals surface area contributed by atoms with E-state index in [0.29, 0.717) is 24.9 Å². The van der Waals surface area contributed by atoms with Crippen molar-refractivity contribution in [2.75, 3.05) is 0 Å². The van der Waals surface area contributed by atoms with Gasteiger partial charge in [-0.1, -0.05) is 0 Å². The van der Waals surface area contributed by atoms with Crippen molar-refractivity contribution in [1.82, 2.24) is 15.1 Å². The Labute approximate surface area is 117 Å². The van der Waals surface area contributed by atoms with Gasteiger partial charge in [0.25, 0.3) is 0 Å². The lowest BCUT2D eigenvalue weighted by molar-refractivity contribution is 0.304. The summed E-state index contributed by atoms with van der Waals surface area (Å²) in [5.74, 6) is 0.294. The summed E-state index contributed by atoms with van der Waals surface area (Å²) in [5, 5.41) is 7.44. The zero-order chi connectivity index (χ0) is 13.9. The van der Waals surface area contributed by atoms with Gasteiger partial charge < -0.3 is 10.1 Å². The summed E-state index contributed by atoms with van der Waals surface area (Å²) < 4.78 is 20.9. The third-order valence-corrected chi connectivity index (χ3v) is 3.27. The monoisotopic (exact) mass is 275 g/mol. The Bertz CT molecular complexity index is 593. The first-order valence-electron chi connectivity index (χ1n) is 6.82. The van der Waals surface area contributed by atoms with Gasteiger partial charge >= 0.3 is 0 Å². The second-order valence-corrected chi connectivity index (χ2v) is 5.26. The van der Waals surface area contributed by atoms with Crippen LogP contribution in [-0.4, -0.2) is 15.8 Å². The van der Waals surface area contributed by atoms with Crippen molar-refractivity contribution in [3.63, 3.8) is 0 Å². The standard InChI is InChI=1S/C15H18FN3O/c1-19-9-12(8-18-19)10-20-15-5-11(4-13(16)6-15)7-17-14-2-3-14/h4-6,8-9,14,17H,2-3,7,10H2,1H3. The molecule has 0 saturated heterocycles. The minimum Gasteiger partial charge on any atom is -0.489 e. The molecule has 0 bridgehead atoms. The SMILES string of the molecule is Cn1cc(COc2cc(F)cc(CNC3CC3)c2)cn1. The van der Waals surface area contributed by atoms with E-state index in [1.54, 1.807) is 16.9 Å². The molecule has 1 aliphatic rings. The van der Waals surface area contributed by atoms with E-state index in [-0.39, 0.29) is 5.82 Å². The molecule has 20 heavy (non-hydrogen) atoms. The van der Waals surface area contributed by atoms with E-state index in [9.17, 15) is 4.39 Å². The second-order valence-electron chi connectivity index (χ2n) is 5.26. The lowest BCUT2D eigenvalue weighted by atomic mass is 10.2. The summed E-state index contributed by atoms with van der Waals surface area (Å²) >= 11 is 0. The first-order chi connectivity index (χ1) is 9.69. The lowest BCUT2D eigenvalue weighted by Gasteiger charge is -2.08. The molecule has 2 aromatic rings. The topological polar surface area (TPSA) is 39.1 Å². The molecule has 1 N–H and O–H groups in total. The van der Waals surface area contributed by atoms with Crippen molar-refractivity contribution < 1.29 is 9.13 Å². The first kappa shape index (κ1) is 13.1. The maximum atomic E-state index is 13.6. The molecule has 0 aliphatic heterocycles. The smallest absolute Gasteiger partial charge is 0.127 e. The molecule has 1 aromatic carbocycles. The average Bonchev–Trinajstić information content (AvgIpc) is 3.15. The van der Waals surface area contributed by atoms with E-state index in [4.69, 9.17) is 4.74 Å². The first-order valence-corrected chi connectivity index (χ1v) is 6.82. The number of nitrogens with one attached hydrogen (secondary N) is 1. The summed E-state index contributed by atoms with van der Waals surface area (Å²) in [6, 6.07) is 5.45. The van der Waals surface area contributed by atoms with Crippen molar-refractivity contribution in [2.45, 2.75) is 32.0 Å². The van der Waals surface area contributed by atoms with Crippen LogP contribution in [0.3, 0.4) is 0 Å². The van der Waals surface area contributed by atoms with Crippen molar-refractivity contribution in [2.24, 2.45) is 7.05 Å². The van der Waals surface area contributed by atoms with Crippen LogP contribution in [-0.2, 0) is 20.2 Å². The van der Waals surface area contributed by atoms with Crippen LogP contribution in [0.1, 0.15) is 24.0 Å². The molecule has 1 heterocycles. The molecule has 0 amide bonds. The zero-order valence-corrected chi connectivity index (χ0v) is 11.5. The number of aryl methyl sites for hydroxylation is 1. The van der Waals surface area contributed by atoms with Crippen molar-refractivity contribution in [1.29, 1.82) is 0 Å². The third kappa shape index (κ3) is 3.57. The van der Waals surface area contributed by atoms with Crippen LogP contribution in [0, 0.1) is 5.82 Å². The molecule has 4 nitrogen and oxygen atoms in total. The van der Waals surface area contributed by atoms with Crippen molar-refractivity contribution in [3.8, 4) is 5.75 Å². The fourth-order valence-corrected chi connectivity index (χ4v) is 2.07. The highest BCUT2D eigenvalue weighted by molar-refractivity contribution is 5.30. The molecular formula is C15H18FN3O. The molecule has 0 spiro atoms. The molecule has 1 saturated carbocycles. The molecule has 5 heteroatoms. The lowest BCUT2D eigenvalue weighted by Crippen LogP contribution is -2.15. The van der Waals surface area contributed by atoms with Crippen LogP contribution in [0.15, 0.2) is 30.6 Å². The average molecular weight is 275 g/mol. The van der Waals surface area contributed by atoms with E-state index >= 15 is 0 Å². The van der Waals surface area contributed by atoms with Gasteiger partial charge in [0.1, 0.15) is 18.2 Å². The molecular weight excluding hydrogens is 257 g/mol. The van der Waals surface area contributed by atoms with E-state index in [1.165, 1.54) is 18.9 Å². The number of halogens is 1. The van der Waals surface area contributed by atoms with Gasteiger partial charge in [-0.05, 0) is 30.5 Å². The van der Waals surface area contributed by atoms with Gasteiger partial charge in [0.05, 0.1) is 6.20 Å². The van der Waals surface area contributed by atoms with Crippen LogP contribution in [0.2, 0.25) is 0 Å². The highest BCUT2D eigenvalue weighted by atomic mass is 19.1. The van der Waals surface area contributed by atoms with E-state index < -0.39 is 0 Å². The largest absolute Gasteiger partial charge is 0.489 e. The van der Waals surface area contributed by atoms with Gasteiger partial charge in [-0.3, -0.25) is 4.68 Å². The summed E-state index contributed by atoms with van der Waals surface area (Å²) in [7, 11) is 1.85. The van der Waals surface area contributed by atoms with Gasteiger partial charge in [0.15, 0.2) is 0 Å². The Morgan fingerprint density at radius 3 is 2.90 bits per heavy atom. The predicted molar refractivity (Wildman–Crippen MR) is 73.8 cm³/mol. The molecule has 0 atom stereocenters. The number of ether oxygens (including phenoxy) is 1. The Morgan fingerprint density at radius 1 is 1.35 bits per heavy atom. The number of hydrogen-bond acceptors (Lipinski definition) is 3. The molecule has 3 rings (SSSR count). The fraction of sp³-hybridized carbons (Fsp3) is 0.400. The second kappa shape index (κ2) is 5.63. The maximum absolute atomic E-state index is 13.6. The van der Waals surface area contributed by atoms with Crippen LogP contribution in [0.25, 0.3) is 0 Å². The number of aromatic nitrogens is 2. The number of rotatable bonds is 6. The van der Waals surface area contributed by atoms with Gasteiger partial charge in [-0.2, -0.15) is 5.10 Å². The summed E-state index contributed by atoms with van der Waals surface area (Å²) in [6.07, 6.45) is 6.07. The summed E-state index contributed by atoms with van der Waals surface area (Å²) in [4.78, 5) is 0. The number of benzene rings is 1. The van der Waals surface area contributed by atoms with E-state index in [1.807, 2.05) is 19.3 Å². The highest BCUT2D eigenvalue weighted by Gasteiger charge is 2.20. The molecule has 106 valence electrons. The van der Waals surface area contributed by atoms with Crippen LogP contribution >= 0.6 is 0 Å². The molecule has 1 aliphatic carbocycles. The van der Waals surface area contributed by atoms with Crippen molar-refractivity contribution in [3.05, 3.63) is 47.5 Å². The fourth-order valence-electron chi connectivity index (χ4n) is 2.07. The zero-order valence-electron chi connectivity index (χ0n) is 11.5. The van der Waals surface area contributed by atoms with Gasteiger partial charge in [0, 0.05) is 37.5 Å². The molecule has 0 radical (unpaired) electrons. The van der Waals surface area contributed by atoms with Gasteiger partial charge in [-0.25, -0.2) is 4.39 Å². The number of hydrogen-bond donors (Lipinski definition) is 1. The van der Waals surface area contributed by atoms with Gasteiger partial charge in [-0.15, -0.1) is 0 Å². The van der Waals surface area contributed by atoms with E-state index in [2.05, 4.69) is 10.4 Å². The Hall–Kier alpha value is -1.88. The maximum Gasteiger partial charge on any atom is 0.127 e. The summed E-state index contributed by atoms with van der Waals surface area (Å²) in [6.45, 7) is 1.08. The normalized spacial score (nSPS) is 14.5. The van der Waals surface area contributed by atoms with Crippen LogP contribution in [0.4, 0.5) is 4.39 Å². The van der Waals surface area contributed by atoms with E-state index in [0.717, 1.165) is 11.1 Å². The van der Waals surface area contributed by atoms with Crippen LogP contribution < -0.4 is 10.1 Å². The third-order valence-electron chi connectivity index (χ3n) is 3.27. The van der Waals surface area contributed by atoms with Crippen LogP contribution in [0.5, 0.6) is 5.75 Å². The minimum absolute atomic E-state index is 0.263. The van der Waals surface area contributed by atoms with Gasteiger partial charge in [0.2, 0.25) is 0 Å².